The molecule has 1 fully saturated rings. The Hall–Kier alpha value is -4.00. The SMILES string of the molecule is Cn1c(N2CCN(c3ccc(-c4ccc(F)cc4)cc3)CC2)nc(-c2ccncc2)cc1=O. The first-order chi connectivity index (χ1) is 16.1. The van der Waals surface area contributed by atoms with Gasteiger partial charge in [0.15, 0.2) is 0 Å². The third-order valence-corrected chi connectivity index (χ3v) is 6.06. The van der Waals surface area contributed by atoms with Gasteiger partial charge in [-0.3, -0.25) is 14.3 Å². The van der Waals surface area contributed by atoms with Crippen molar-refractivity contribution in [2.24, 2.45) is 7.05 Å². The van der Waals surface area contributed by atoms with E-state index in [1.165, 1.54) is 12.1 Å². The lowest BCUT2D eigenvalue weighted by Gasteiger charge is -2.37. The van der Waals surface area contributed by atoms with Crippen LogP contribution in [0.2, 0.25) is 0 Å². The zero-order chi connectivity index (χ0) is 22.8. The molecular formula is C26H24FN5O. The highest BCUT2D eigenvalue weighted by Crippen LogP contribution is 2.25. The molecule has 0 aliphatic carbocycles. The standard InChI is InChI=1S/C26H24FN5O/c1-30-25(33)18-24(21-10-12-28-13-11-21)29-26(30)32-16-14-31(15-17-32)23-8-4-20(5-9-23)19-2-6-22(27)7-3-19/h2-13,18H,14-17H2,1H3. The van der Waals surface area contributed by atoms with Gasteiger partial charge in [0.1, 0.15) is 5.82 Å². The molecule has 2 aromatic heterocycles. The third kappa shape index (κ3) is 4.35. The first-order valence-electron chi connectivity index (χ1n) is 10.9. The van der Waals surface area contributed by atoms with E-state index >= 15 is 0 Å². The monoisotopic (exact) mass is 441 g/mol. The van der Waals surface area contributed by atoms with Crippen LogP contribution in [-0.4, -0.2) is 40.7 Å². The second kappa shape index (κ2) is 8.86. The predicted octanol–water partition coefficient (Wildman–Crippen LogP) is 3.98. The van der Waals surface area contributed by atoms with Crippen molar-refractivity contribution in [3.05, 3.63) is 95.3 Å². The molecule has 0 spiro atoms. The first kappa shape index (κ1) is 20.9. The van der Waals surface area contributed by atoms with Crippen LogP contribution < -0.4 is 15.4 Å². The molecule has 0 unspecified atom stereocenters. The summed E-state index contributed by atoms with van der Waals surface area (Å²) in [6.45, 7) is 3.18. The number of pyridine rings is 1. The minimum atomic E-state index is -0.230. The molecule has 7 heteroatoms. The number of hydrogen-bond donors (Lipinski definition) is 0. The second-order valence-electron chi connectivity index (χ2n) is 8.10. The molecule has 0 saturated carbocycles. The summed E-state index contributed by atoms with van der Waals surface area (Å²) in [5, 5.41) is 0. The molecule has 0 bridgehead atoms. The van der Waals surface area contributed by atoms with Crippen LogP contribution in [-0.2, 0) is 7.05 Å². The maximum Gasteiger partial charge on any atom is 0.255 e. The Morgan fingerprint density at radius 3 is 1.97 bits per heavy atom. The number of piperazine rings is 1. The number of nitrogens with zero attached hydrogens (tertiary/aromatic N) is 5. The number of aromatic nitrogens is 3. The average Bonchev–Trinajstić information content (AvgIpc) is 2.87. The summed E-state index contributed by atoms with van der Waals surface area (Å²) in [5.74, 6) is 0.451. The van der Waals surface area contributed by atoms with Crippen molar-refractivity contribution in [2.45, 2.75) is 0 Å². The van der Waals surface area contributed by atoms with E-state index in [2.05, 4.69) is 39.0 Å². The molecule has 1 aliphatic rings. The summed E-state index contributed by atoms with van der Waals surface area (Å²) in [6, 6.07) is 20.2. The lowest BCUT2D eigenvalue weighted by Crippen LogP contribution is -2.48. The summed E-state index contributed by atoms with van der Waals surface area (Å²) in [6.07, 6.45) is 3.41. The normalized spacial score (nSPS) is 13.9. The maximum atomic E-state index is 13.2. The predicted molar refractivity (Wildman–Crippen MR) is 129 cm³/mol. The Labute approximate surface area is 191 Å². The van der Waals surface area contributed by atoms with Gasteiger partial charge in [-0.15, -0.1) is 0 Å². The summed E-state index contributed by atoms with van der Waals surface area (Å²) >= 11 is 0. The van der Waals surface area contributed by atoms with E-state index < -0.39 is 0 Å². The third-order valence-electron chi connectivity index (χ3n) is 6.06. The number of anilines is 2. The minimum Gasteiger partial charge on any atom is -0.368 e. The lowest BCUT2D eigenvalue weighted by atomic mass is 10.1. The van der Waals surface area contributed by atoms with E-state index in [-0.39, 0.29) is 11.4 Å². The molecule has 33 heavy (non-hydrogen) atoms. The molecule has 2 aromatic carbocycles. The van der Waals surface area contributed by atoms with Gasteiger partial charge in [0, 0.05) is 62.9 Å². The Bertz CT molecular complexity index is 1300. The van der Waals surface area contributed by atoms with Gasteiger partial charge in [0.05, 0.1) is 5.69 Å². The fourth-order valence-corrected chi connectivity index (χ4v) is 4.15. The molecule has 0 amide bonds. The highest BCUT2D eigenvalue weighted by Gasteiger charge is 2.21. The van der Waals surface area contributed by atoms with E-state index in [0.29, 0.717) is 11.6 Å². The van der Waals surface area contributed by atoms with Gasteiger partial charge >= 0.3 is 0 Å². The van der Waals surface area contributed by atoms with Crippen LogP contribution in [0.3, 0.4) is 0 Å². The number of halogens is 1. The molecule has 0 radical (unpaired) electrons. The molecule has 1 aliphatic heterocycles. The number of benzene rings is 2. The highest BCUT2D eigenvalue weighted by molar-refractivity contribution is 5.66. The van der Waals surface area contributed by atoms with Crippen LogP contribution in [0.4, 0.5) is 16.0 Å². The molecule has 4 aromatic rings. The van der Waals surface area contributed by atoms with E-state index in [9.17, 15) is 9.18 Å². The smallest absolute Gasteiger partial charge is 0.255 e. The van der Waals surface area contributed by atoms with Gasteiger partial charge in [-0.2, -0.15) is 0 Å². The largest absolute Gasteiger partial charge is 0.368 e. The van der Waals surface area contributed by atoms with Crippen LogP contribution in [0.25, 0.3) is 22.4 Å². The minimum absolute atomic E-state index is 0.0781. The van der Waals surface area contributed by atoms with Gasteiger partial charge in [-0.1, -0.05) is 24.3 Å². The van der Waals surface area contributed by atoms with Crippen LogP contribution in [0, 0.1) is 5.82 Å². The van der Waals surface area contributed by atoms with E-state index in [1.807, 2.05) is 12.1 Å². The molecule has 1 saturated heterocycles. The van der Waals surface area contributed by atoms with E-state index in [4.69, 9.17) is 4.98 Å². The van der Waals surface area contributed by atoms with Crippen molar-refractivity contribution in [1.29, 1.82) is 0 Å². The molecule has 3 heterocycles. The van der Waals surface area contributed by atoms with Crippen molar-refractivity contribution in [1.82, 2.24) is 14.5 Å². The van der Waals surface area contributed by atoms with Gasteiger partial charge in [-0.25, -0.2) is 9.37 Å². The van der Waals surface area contributed by atoms with Crippen LogP contribution in [0.15, 0.2) is 83.9 Å². The first-order valence-corrected chi connectivity index (χ1v) is 10.9. The molecular weight excluding hydrogens is 417 g/mol. The van der Waals surface area contributed by atoms with Crippen molar-refractivity contribution in [2.75, 3.05) is 36.0 Å². The average molecular weight is 442 g/mol. The highest BCUT2D eigenvalue weighted by atomic mass is 19.1. The van der Waals surface area contributed by atoms with Gasteiger partial charge < -0.3 is 9.80 Å². The van der Waals surface area contributed by atoms with Crippen LogP contribution >= 0.6 is 0 Å². The fraction of sp³-hybridized carbons (Fsp3) is 0.192. The van der Waals surface area contributed by atoms with E-state index in [0.717, 1.165) is 48.6 Å². The summed E-state index contributed by atoms with van der Waals surface area (Å²) in [4.78, 5) is 25.9. The quantitative estimate of drug-likeness (QED) is 0.480. The fourth-order valence-electron chi connectivity index (χ4n) is 4.15. The van der Waals surface area contributed by atoms with Crippen LogP contribution in [0.1, 0.15) is 0 Å². The Kier molecular flexibility index (Phi) is 5.60. The summed E-state index contributed by atoms with van der Waals surface area (Å²) in [5.41, 5.74) is 4.66. The number of hydrogen-bond acceptors (Lipinski definition) is 5. The Morgan fingerprint density at radius 1 is 0.758 bits per heavy atom. The van der Waals surface area contributed by atoms with E-state index in [1.54, 1.807) is 42.2 Å². The Balaban J connectivity index is 1.31. The zero-order valence-corrected chi connectivity index (χ0v) is 18.4. The summed E-state index contributed by atoms with van der Waals surface area (Å²) in [7, 11) is 1.77. The van der Waals surface area contributed by atoms with Gasteiger partial charge in [0.2, 0.25) is 5.95 Å². The summed E-state index contributed by atoms with van der Waals surface area (Å²) < 4.78 is 14.8. The molecule has 5 rings (SSSR count). The molecule has 6 nitrogen and oxygen atoms in total. The Morgan fingerprint density at radius 2 is 1.33 bits per heavy atom. The van der Waals surface area contributed by atoms with Crippen LogP contribution in [0.5, 0.6) is 0 Å². The maximum absolute atomic E-state index is 13.2. The van der Waals surface area contributed by atoms with Crippen molar-refractivity contribution < 1.29 is 4.39 Å². The van der Waals surface area contributed by atoms with Crippen molar-refractivity contribution in [3.8, 4) is 22.4 Å². The van der Waals surface area contributed by atoms with Crippen molar-refractivity contribution >= 4 is 11.6 Å². The molecule has 0 N–H and O–H groups in total. The number of rotatable bonds is 4. The second-order valence-corrected chi connectivity index (χ2v) is 8.10. The lowest BCUT2D eigenvalue weighted by molar-refractivity contribution is 0.621. The topological polar surface area (TPSA) is 54.3 Å². The molecule has 0 atom stereocenters. The van der Waals surface area contributed by atoms with Crippen molar-refractivity contribution in [3.63, 3.8) is 0 Å². The van der Waals surface area contributed by atoms with Gasteiger partial charge in [-0.05, 0) is 47.5 Å². The molecule has 166 valence electrons. The van der Waals surface area contributed by atoms with Gasteiger partial charge in [0.25, 0.3) is 5.56 Å². The zero-order valence-electron chi connectivity index (χ0n) is 18.4.